The van der Waals surface area contributed by atoms with Gasteiger partial charge in [-0.25, -0.2) is 10.1 Å². The Morgan fingerprint density at radius 3 is 2.79 bits per heavy atom. The second kappa shape index (κ2) is 6.58. The average molecular weight is 391 g/mol. The molecular formula is C13H11BrN8O2. The zero-order valence-electron chi connectivity index (χ0n) is 12.3. The summed E-state index contributed by atoms with van der Waals surface area (Å²) in [6.45, 7) is 1.64. The predicted molar refractivity (Wildman–Crippen MR) is 87.6 cm³/mol. The molecule has 0 bridgehead atoms. The molecule has 24 heavy (non-hydrogen) atoms. The van der Waals surface area contributed by atoms with Gasteiger partial charge in [0.2, 0.25) is 11.6 Å². The minimum absolute atomic E-state index is 0.0446. The smallest absolute Gasteiger partial charge is 0.293 e. The normalized spacial score (nSPS) is 11.1. The standard InChI is InChI=1S/C13H11BrN8O2/c1-7-10(17-21-22(7)12-11(15)19-24-20-12)13(23)18-16-6-8-2-4-9(14)5-3-8/h2-6H,1H3,(H2,15,19)(H,18,23). The number of hydrogen-bond acceptors (Lipinski definition) is 8. The molecule has 0 aliphatic rings. The van der Waals surface area contributed by atoms with E-state index in [1.54, 1.807) is 6.92 Å². The van der Waals surface area contributed by atoms with Gasteiger partial charge in [0.25, 0.3) is 5.91 Å². The van der Waals surface area contributed by atoms with Gasteiger partial charge in [0.05, 0.1) is 11.9 Å². The largest absolute Gasteiger partial charge is 0.378 e. The molecule has 3 rings (SSSR count). The SMILES string of the molecule is Cc1c(C(=O)NN=Cc2ccc(Br)cc2)nnn1-c1nonc1N. The van der Waals surface area contributed by atoms with Crippen LogP contribution in [0.2, 0.25) is 0 Å². The Bertz CT molecular complexity index is 899. The molecule has 0 radical (unpaired) electrons. The summed E-state index contributed by atoms with van der Waals surface area (Å²) < 4.78 is 6.72. The molecule has 10 nitrogen and oxygen atoms in total. The Labute approximate surface area is 143 Å². The number of nitrogens with one attached hydrogen (secondary N) is 1. The van der Waals surface area contributed by atoms with Gasteiger partial charge in [-0.15, -0.1) is 5.10 Å². The number of halogens is 1. The number of nitrogen functional groups attached to an aromatic ring is 1. The third kappa shape index (κ3) is 3.15. The van der Waals surface area contributed by atoms with Crippen molar-refractivity contribution in [1.82, 2.24) is 30.7 Å². The number of carbonyl (C=O) groups excluding carboxylic acids is 1. The molecule has 3 N–H and O–H groups in total. The summed E-state index contributed by atoms with van der Waals surface area (Å²) >= 11 is 3.34. The lowest BCUT2D eigenvalue weighted by atomic mass is 10.2. The maximum absolute atomic E-state index is 12.1. The Hall–Kier alpha value is -3.08. The van der Waals surface area contributed by atoms with E-state index in [4.69, 9.17) is 5.73 Å². The number of hydrogen-bond donors (Lipinski definition) is 2. The van der Waals surface area contributed by atoms with Gasteiger partial charge in [-0.05, 0) is 34.9 Å². The summed E-state index contributed by atoms with van der Waals surface area (Å²) in [6, 6.07) is 7.44. The van der Waals surface area contributed by atoms with Crippen molar-refractivity contribution in [2.24, 2.45) is 5.10 Å². The number of benzene rings is 1. The lowest BCUT2D eigenvalue weighted by Gasteiger charge is -1.99. The highest BCUT2D eigenvalue weighted by Gasteiger charge is 2.20. The average Bonchev–Trinajstić information content (AvgIpc) is 3.14. The number of nitrogens with two attached hydrogens (primary N) is 1. The van der Waals surface area contributed by atoms with E-state index in [1.165, 1.54) is 10.9 Å². The summed E-state index contributed by atoms with van der Waals surface area (Å²) in [5.41, 5.74) is 9.33. The van der Waals surface area contributed by atoms with Crippen LogP contribution in [-0.4, -0.2) is 37.4 Å². The first kappa shape index (κ1) is 15.8. The highest BCUT2D eigenvalue weighted by molar-refractivity contribution is 9.10. The first-order valence-electron chi connectivity index (χ1n) is 6.66. The van der Waals surface area contributed by atoms with Gasteiger partial charge < -0.3 is 5.73 Å². The van der Waals surface area contributed by atoms with Crippen molar-refractivity contribution in [2.45, 2.75) is 6.92 Å². The first-order chi connectivity index (χ1) is 11.6. The van der Waals surface area contributed by atoms with Gasteiger partial charge in [0.1, 0.15) is 0 Å². The zero-order valence-corrected chi connectivity index (χ0v) is 13.9. The molecule has 2 aromatic heterocycles. The number of carbonyl (C=O) groups is 1. The fraction of sp³-hybridized carbons (Fsp3) is 0.0769. The Kier molecular flexibility index (Phi) is 4.33. The summed E-state index contributed by atoms with van der Waals surface area (Å²) in [5.74, 6) is -0.303. The fourth-order valence-corrected chi connectivity index (χ4v) is 2.11. The van der Waals surface area contributed by atoms with E-state index in [0.29, 0.717) is 5.69 Å². The van der Waals surface area contributed by atoms with Crippen molar-refractivity contribution in [3.05, 3.63) is 45.7 Å². The topological polar surface area (TPSA) is 137 Å². The van der Waals surface area contributed by atoms with Crippen LogP contribution in [0.25, 0.3) is 5.82 Å². The van der Waals surface area contributed by atoms with Gasteiger partial charge in [0, 0.05) is 4.47 Å². The quantitative estimate of drug-likeness (QED) is 0.501. The Morgan fingerprint density at radius 1 is 1.38 bits per heavy atom. The first-order valence-corrected chi connectivity index (χ1v) is 7.45. The summed E-state index contributed by atoms with van der Waals surface area (Å²) in [4.78, 5) is 12.1. The van der Waals surface area contributed by atoms with Crippen LogP contribution in [0.1, 0.15) is 21.7 Å². The van der Waals surface area contributed by atoms with Crippen molar-refractivity contribution in [3.63, 3.8) is 0 Å². The van der Waals surface area contributed by atoms with E-state index in [9.17, 15) is 4.79 Å². The molecule has 0 unspecified atom stereocenters. The second-order valence-corrected chi connectivity index (χ2v) is 5.57. The van der Waals surface area contributed by atoms with Gasteiger partial charge in [-0.2, -0.15) is 9.78 Å². The van der Waals surface area contributed by atoms with Crippen LogP contribution in [0.15, 0.2) is 38.5 Å². The minimum atomic E-state index is -0.512. The van der Waals surface area contributed by atoms with Crippen molar-refractivity contribution < 1.29 is 9.42 Å². The van der Waals surface area contributed by atoms with E-state index in [0.717, 1.165) is 10.0 Å². The molecule has 1 aromatic carbocycles. The Balaban J connectivity index is 1.73. The Morgan fingerprint density at radius 2 is 2.12 bits per heavy atom. The highest BCUT2D eigenvalue weighted by atomic mass is 79.9. The molecule has 0 aliphatic heterocycles. The van der Waals surface area contributed by atoms with Crippen molar-refractivity contribution in [1.29, 1.82) is 0 Å². The van der Waals surface area contributed by atoms with Crippen LogP contribution in [0.5, 0.6) is 0 Å². The number of anilines is 1. The van der Waals surface area contributed by atoms with E-state index in [2.05, 4.69) is 51.7 Å². The molecule has 122 valence electrons. The summed E-state index contributed by atoms with van der Waals surface area (Å²) in [7, 11) is 0. The van der Waals surface area contributed by atoms with Crippen molar-refractivity contribution in [3.8, 4) is 5.82 Å². The number of amides is 1. The molecular weight excluding hydrogens is 380 g/mol. The second-order valence-electron chi connectivity index (χ2n) is 4.66. The number of nitrogens with zero attached hydrogens (tertiary/aromatic N) is 6. The minimum Gasteiger partial charge on any atom is -0.378 e. The van der Waals surface area contributed by atoms with Crippen LogP contribution >= 0.6 is 15.9 Å². The van der Waals surface area contributed by atoms with E-state index in [-0.39, 0.29) is 17.3 Å². The van der Waals surface area contributed by atoms with Gasteiger partial charge in [-0.3, -0.25) is 4.79 Å². The molecule has 0 saturated carbocycles. The predicted octanol–water partition coefficient (Wildman–Crippen LogP) is 1.07. The lowest BCUT2D eigenvalue weighted by molar-refractivity contribution is 0.0949. The molecule has 2 heterocycles. The summed E-state index contributed by atoms with van der Waals surface area (Å²) in [5, 5.41) is 18.6. The molecule has 1 amide bonds. The van der Waals surface area contributed by atoms with Crippen LogP contribution in [0.3, 0.4) is 0 Å². The van der Waals surface area contributed by atoms with Gasteiger partial charge in [0.15, 0.2) is 5.69 Å². The molecule has 0 saturated heterocycles. The van der Waals surface area contributed by atoms with Crippen LogP contribution in [0, 0.1) is 6.92 Å². The number of rotatable bonds is 4. The zero-order chi connectivity index (χ0) is 17.1. The molecule has 0 fully saturated rings. The summed E-state index contributed by atoms with van der Waals surface area (Å²) in [6.07, 6.45) is 1.52. The molecule has 3 aromatic rings. The van der Waals surface area contributed by atoms with E-state index in [1.807, 2.05) is 24.3 Å². The van der Waals surface area contributed by atoms with Gasteiger partial charge >= 0.3 is 0 Å². The molecule has 0 spiro atoms. The van der Waals surface area contributed by atoms with E-state index < -0.39 is 5.91 Å². The molecule has 0 aliphatic carbocycles. The number of hydrazone groups is 1. The van der Waals surface area contributed by atoms with Crippen molar-refractivity contribution >= 4 is 33.9 Å². The monoisotopic (exact) mass is 390 g/mol. The maximum Gasteiger partial charge on any atom is 0.293 e. The number of aromatic nitrogens is 5. The fourth-order valence-electron chi connectivity index (χ4n) is 1.85. The highest BCUT2D eigenvalue weighted by Crippen LogP contribution is 2.14. The van der Waals surface area contributed by atoms with Crippen LogP contribution in [-0.2, 0) is 0 Å². The maximum atomic E-state index is 12.1. The van der Waals surface area contributed by atoms with Crippen molar-refractivity contribution in [2.75, 3.05) is 5.73 Å². The van der Waals surface area contributed by atoms with Crippen LogP contribution in [0.4, 0.5) is 5.82 Å². The molecule has 0 atom stereocenters. The third-order valence-electron chi connectivity index (χ3n) is 3.06. The third-order valence-corrected chi connectivity index (χ3v) is 3.58. The van der Waals surface area contributed by atoms with Crippen LogP contribution < -0.4 is 11.2 Å². The molecule has 11 heteroatoms. The van der Waals surface area contributed by atoms with Gasteiger partial charge in [-0.1, -0.05) is 33.3 Å². The lowest BCUT2D eigenvalue weighted by Crippen LogP contribution is -2.19. The van der Waals surface area contributed by atoms with E-state index >= 15 is 0 Å².